The molecule has 1 amide bonds. The second-order valence-corrected chi connectivity index (χ2v) is 6.17. The Morgan fingerprint density at radius 2 is 2.00 bits per heavy atom. The number of nitrogens with one attached hydrogen (secondary N) is 1. The summed E-state index contributed by atoms with van der Waals surface area (Å²) in [7, 11) is 0. The van der Waals surface area contributed by atoms with Gasteiger partial charge >= 0.3 is 0 Å². The third-order valence-electron chi connectivity index (χ3n) is 2.86. The summed E-state index contributed by atoms with van der Waals surface area (Å²) < 4.78 is 1.02. The van der Waals surface area contributed by atoms with Crippen LogP contribution in [0.2, 0.25) is 0 Å². The second-order valence-electron chi connectivity index (χ2n) is 4.27. The molecule has 5 heteroatoms. The Hall–Kier alpha value is -1.17. The van der Waals surface area contributed by atoms with Crippen molar-refractivity contribution in [3.8, 4) is 0 Å². The van der Waals surface area contributed by atoms with Gasteiger partial charge in [-0.15, -0.1) is 11.3 Å². The van der Waals surface area contributed by atoms with Gasteiger partial charge in [0.1, 0.15) is 6.04 Å². The summed E-state index contributed by atoms with van der Waals surface area (Å²) in [6.45, 7) is 1.95. The highest BCUT2D eigenvalue weighted by Gasteiger charge is 2.18. The number of thiophene rings is 1. The molecule has 0 saturated heterocycles. The molecule has 3 N–H and O–H groups in total. The van der Waals surface area contributed by atoms with Gasteiger partial charge in [0.25, 0.3) is 0 Å². The van der Waals surface area contributed by atoms with Crippen LogP contribution >= 0.6 is 27.3 Å². The van der Waals surface area contributed by atoms with Crippen LogP contribution < -0.4 is 11.1 Å². The van der Waals surface area contributed by atoms with Crippen molar-refractivity contribution in [2.45, 2.75) is 19.0 Å². The summed E-state index contributed by atoms with van der Waals surface area (Å²) in [5.41, 5.74) is 6.98. The number of nitrogens with two attached hydrogens (primary N) is 1. The van der Waals surface area contributed by atoms with Gasteiger partial charge in [0, 0.05) is 9.35 Å². The van der Waals surface area contributed by atoms with Crippen LogP contribution in [0.25, 0.3) is 0 Å². The summed E-state index contributed by atoms with van der Waals surface area (Å²) in [5, 5.41) is 4.85. The molecule has 100 valence electrons. The second kappa shape index (κ2) is 6.32. The topological polar surface area (TPSA) is 55.1 Å². The highest BCUT2D eigenvalue weighted by Crippen LogP contribution is 2.20. The van der Waals surface area contributed by atoms with Gasteiger partial charge < -0.3 is 11.1 Å². The Kier molecular flexibility index (Phi) is 4.74. The van der Waals surface area contributed by atoms with Crippen LogP contribution in [0.4, 0.5) is 0 Å². The minimum Gasteiger partial charge on any atom is -0.348 e. The molecule has 0 radical (unpaired) electrons. The van der Waals surface area contributed by atoms with Gasteiger partial charge in [0.05, 0.1) is 6.04 Å². The molecule has 0 fully saturated rings. The predicted octanol–water partition coefficient (Wildman–Crippen LogP) is 3.39. The first-order valence-electron chi connectivity index (χ1n) is 5.93. The monoisotopic (exact) mass is 338 g/mol. The fraction of sp³-hybridized carbons (Fsp3) is 0.214. The van der Waals surface area contributed by atoms with Crippen LogP contribution in [0.3, 0.4) is 0 Å². The summed E-state index contributed by atoms with van der Waals surface area (Å²) in [5.74, 6) is -0.155. The number of rotatable bonds is 4. The maximum absolute atomic E-state index is 12.1. The van der Waals surface area contributed by atoms with E-state index in [0.29, 0.717) is 0 Å². The van der Waals surface area contributed by atoms with Crippen LogP contribution in [0.15, 0.2) is 46.3 Å². The summed E-state index contributed by atoms with van der Waals surface area (Å²) in [6, 6.07) is 11.0. The van der Waals surface area contributed by atoms with Crippen molar-refractivity contribution in [3.05, 3.63) is 56.7 Å². The van der Waals surface area contributed by atoms with E-state index in [2.05, 4.69) is 21.2 Å². The van der Waals surface area contributed by atoms with Gasteiger partial charge in [-0.25, -0.2) is 0 Å². The fourth-order valence-corrected chi connectivity index (χ4v) is 2.72. The fourth-order valence-electron chi connectivity index (χ4n) is 1.74. The largest absolute Gasteiger partial charge is 0.348 e. The zero-order valence-electron chi connectivity index (χ0n) is 10.5. The van der Waals surface area contributed by atoms with E-state index in [1.54, 1.807) is 0 Å². The van der Waals surface area contributed by atoms with Crippen molar-refractivity contribution in [3.63, 3.8) is 0 Å². The maximum Gasteiger partial charge on any atom is 0.242 e. The molecule has 1 aromatic carbocycles. The number of hydrogen-bond donors (Lipinski definition) is 2. The average Bonchev–Trinajstić information content (AvgIpc) is 2.92. The van der Waals surface area contributed by atoms with Gasteiger partial charge in [-0.05, 0) is 36.1 Å². The van der Waals surface area contributed by atoms with E-state index in [-0.39, 0.29) is 11.9 Å². The standard InChI is InChI=1S/C14H15BrN2OS/c1-9(10-4-6-11(15)7-5-10)17-14(18)13(16)12-3-2-8-19-12/h2-9,13H,16H2,1H3,(H,17,18). The van der Waals surface area contributed by atoms with E-state index >= 15 is 0 Å². The van der Waals surface area contributed by atoms with Crippen molar-refractivity contribution in [1.82, 2.24) is 5.32 Å². The Morgan fingerprint density at radius 1 is 1.32 bits per heavy atom. The third-order valence-corrected chi connectivity index (χ3v) is 4.35. The summed E-state index contributed by atoms with van der Waals surface area (Å²) in [6.07, 6.45) is 0. The van der Waals surface area contributed by atoms with Crippen molar-refractivity contribution < 1.29 is 4.79 Å². The molecule has 2 rings (SSSR count). The molecule has 0 spiro atoms. The smallest absolute Gasteiger partial charge is 0.242 e. The average molecular weight is 339 g/mol. The number of amides is 1. The lowest BCUT2D eigenvalue weighted by Gasteiger charge is -2.17. The van der Waals surface area contributed by atoms with E-state index in [1.165, 1.54) is 11.3 Å². The van der Waals surface area contributed by atoms with Crippen molar-refractivity contribution in [2.75, 3.05) is 0 Å². The molecular formula is C14H15BrN2OS. The Balaban J connectivity index is 2.00. The quantitative estimate of drug-likeness (QED) is 0.897. The lowest BCUT2D eigenvalue weighted by molar-refractivity contribution is -0.123. The minimum absolute atomic E-state index is 0.0633. The van der Waals surface area contributed by atoms with Crippen LogP contribution in [0.5, 0.6) is 0 Å². The molecule has 1 heterocycles. The van der Waals surface area contributed by atoms with Crippen molar-refractivity contribution in [1.29, 1.82) is 0 Å². The molecule has 0 bridgehead atoms. The van der Waals surface area contributed by atoms with E-state index in [4.69, 9.17) is 5.73 Å². The Morgan fingerprint density at radius 3 is 2.58 bits per heavy atom. The van der Waals surface area contributed by atoms with E-state index < -0.39 is 6.04 Å². The summed E-state index contributed by atoms with van der Waals surface area (Å²) >= 11 is 4.88. The highest BCUT2D eigenvalue weighted by atomic mass is 79.9. The third kappa shape index (κ3) is 3.65. The molecule has 2 unspecified atom stereocenters. The first kappa shape index (κ1) is 14.2. The van der Waals surface area contributed by atoms with E-state index in [9.17, 15) is 4.79 Å². The molecule has 1 aromatic heterocycles. The van der Waals surface area contributed by atoms with Crippen molar-refractivity contribution >= 4 is 33.2 Å². The van der Waals surface area contributed by atoms with E-state index in [1.807, 2.05) is 48.7 Å². The molecule has 2 atom stereocenters. The Labute approximate surface area is 125 Å². The number of hydrogen-bond acceptors (Lipinski definition) is 3. The number of carbonyl (C=O) groups excluding carboxylic acids is 1. The number of halogens is 1. The lowest BCUT2D eigenvalue weighted by Crippen LogP contribution is -2.35. The molecule has 0 saturated carbocycles. The lowest BCUT2D eigenvalue weighted by atomic mass is 10.1. The van der Waals surface area contributed by atoms with Gasteiger partial charge in [-0.1, -0.05) is 34.1 Å². The first-order valence-corrected chi connectivity index (χ1v) is 7.60. The maximum atomic E-state index is 12.1. The molecule has 0 aliphatic rings. The predicted molar refractivity (Wildman–Crippen MR) is 81.9 cm³/mol. The van der Waals surface area contributed by atoms with Gasteiger partial charge in [-0.3, -0.25) is 4.79 Å². The van der Waals surface area contributed by atoms with Gasteiger partial charge in [0.15, 0.2) is 0 Å². The van der Waals surface area contributed by atoms with Gasteiger partial charge in [-0.2, -0.15) is 0 Å². The highest BCUT2D eigenvalue weighted by molar-refractivity contribution is 9.10. The molecule has 19 heavy (non-hydrogen) atoms. The van der Waals surface area contributed by atoms with Crippen LogP contribution in [0, 0.1) is 0 Å². The Bertz CT molecular complexity index is 539. The zero-order chi connectivity index (χ0) is 13.8. The molecule has 0 aliphatic carbocycles. The normalized spacial score (nSPS) is 13.8. The molecule has 3 nitrogen and oxygen atoms in total. The molecule has 2 aromatic rings. The molecular weight excluding hydrogens is 324 g/mol. The first-order chi connectivity index (χ1) is 9.08. The number of carbonyl (C=O) groups is 1. The molecule has 0 aliphatic heterocycles. The zero-order valence-corrected chi connectivity index (χ0v) is 12.9. The van der Waals surface area contributed by atoms with Gasteiger partial charge in [0.2, 0.25) is 5.91 Å². The van der Waals surface area contributed by atoms with Crippen LogP contribution in [-0.4, -0.2) is 5.91 Å². The van der Waals surface area contributed by atoms with Crippen molar-refractivity contribution in [2.24, 2.45) is 5.73 Å². The van der Waals surface area contributed by atoms with Crippen LogP contribution in [0.1, 0.15) is 29.4 Å². The van der Waals surface area contributed by atoms with Crippen LogP contribution in [-0.2, 0) is 4.79 Å². The summed E-state index contributed by atoms with van der Waals surface area (Å²) in [4.78, 5) is 12.9. The minimum atomic E-state index is -0.599. The van der Waals surface area contributed by atoms with E-state index in [0.717, 1.165) is 14.9 Å². The number of benzene rings is 1. The SMILES string of the molecule is CC(NC(=O)C(N)c1cccs1)c1ccc(Br)cc1.